The van der Waals surface area contributed by atoms with Gasteiger partial charge >= 0.3 is 0 Å². The normalized spacial score (nSPS) is 10.6. The number of fused-ring (bicyclic) bond motifs is 1. The van der Waals surface area contributed by atoms with Gasteiger partial charge in [-0.3, -0.25) is 0 Å². The molecule has 1 heterocycles. The number of benzene rings is 2. The van der Waals surface area contributed by atoms with Crippen molar-refractivity contribution in [1.82, 2.24) is 9.55 Å². The second-order valence-corrected chi connectivity index (χ2v) is 4.46. The smallest absolute Gasteiger partial charge is 0.201 e. The fourth-order valence-corrected chi connectivity index (χ4v) is 2.17. The van der Waals surface area contributed by atoms with E-state index in [2.05, 4.69) is 11.1 Å². The van der Waals surface area contributed by atoms with E-state index in [0.717, 1.165) is 5.52 Å². The average Bonchev–Trinajstić information content (AvgIpc) is 2.77. The summed E-state index contributed by atoms with van der Waals surface area (Å²) in [5.74, 6) is 0.0172. The Balaban J connectivity index is 2.14. The lowest BCUT2D eigenvalue weighted by molar-refractivity contribution is 0.602. The first-order valence-electron chi connectivity index (χ1n) is 6.08. The van der Waals surface area contributed by atoms with Crippen LogP contribution in [0.4, 0.5) is 10.3 Å². The molecule has 0 aliphatic carbocycles. The highest BCUT2D eigenvalue weighted by atomic mass is 19.1. The molecule has 0 radical (unpaired) electrons. The lowest BCUT2D eigenvalue weighted by Gasteiger charge is -2.07. The maximum Gasteiger partial charge on any atom is 0.201 e. The SMILES string of the molecule is N#Cc1ccc2nc(N)n(Cc3ccccc3F)c2c1. The molecule has 0 saturated carbocycles. The van der Waals surface area contributed by atoms with Gasteiger partial charge in [0.05, 0.1) is 29.2 Å². The molecule has 0 atom stereocenters. The van der Waals surface area contributed by atoms with Gasteiger partial charge in [-0.2, -0.15) is 5.26 Å². The van der Waals surface area contributed by atoms with E-state index in [1.54, 1.807) is 41.0 Å². The third kappa shape index (κ3) is 1.97. The zero-order valence-corrected chi connectivity index (χ0v) is 10.5. The molecule has 0 spiro atoms. The van der Waals surface area contributed by atoms with Crippen LogP contribution >= 0.6 is 0 Å². The van der Waals surface area contributed by atoms with E-state index >= 15 is 0 Å². The zero-order valence-electron chi connectivity index (χ0n) is 10.5. The number of imidazole rings is 1. The third-order valence-electron chi connectivity index (χ3n) is 3.19. The summed E-state index contributed by atoms with van der Waals surface area (Å²) in [7, 11) is 0. The van der Waals surface area contributed by atoms with E-state index in [1.165, 1.54) is 6.07 Å². The van der Waals surface area contributed by atoms with Gasteiger partial charge in [-0.25, -0.2) is 9.37 Å². The molecule has 2 N–H and O–H groups in total. The van der Waals surface area contributed by atoms with E-state index in [1.807, 2.05) is 0 Å². The summed E-state index contributed by atoms with van der Waals surface area (Å²) in [4.78, 5) is 4.22. The Hall–Kier alpha value is -2.87. The van der Waals surface area contributed by atoms with Crippen molar-refractivity contribution in [3.05, 3.63) is 59.4 Å². The van der Waals surface area contributed by atoms with Crippen LogP contribution in [0.3, 0.4) is 0 Å². The summed E-state index contributed by atoms with van der Waals surface area (Å²) in [6.45, 7) is 0.282. The molecule has 3 aromatic rings. The molecule has 0 bridgehead atoms. The molecule has 2 aromatic carbocycles. The Morgan fingerprint density at radius 1 is 1.25 bits per heavy atom. The van der Waals surface area contributed by atoms with Gasteiger partial charge < -0.3 is 10.3 Å². The average molecular weight is 266 g/mol. The maximum absolute atomic E-state index is 13.7. The molecule has 0 fully saturated rings. The summed E-state index contributed by atoms with van der Waals surface area (Å²) < 4.78 is 15.4. The molecule has 5 heteroatoms. The van der Waals surface area contributed by atoms with Crippen molar-refractivity contribution < 1.29 is 4.39 Å². The molecule has 98 valence electrons. The number of rotatable bonds is 2. The van der Waals surface area contributed by atoms with Crippen molar-refractivity contribution in [3.63, 3.8) is 0 Å². The topological polar surface area (TPSA) is 67.6 Å². The van der Waals surface area contributed by atoms with Crippen LogP contribution < -0.4 is 5.73 Å². The van der Waals surface area contributed by atoms with Crippen molar-refractivity contribution in [2.75, 3.05) is 5.73 Å². The van der Waals surface area contributed by atoms with Crippen molar-refractivity contribution in [1.29, 1.82) is 5.26 Å². The second-order valence-electron chi connectivity index (χ2n) is 4.46. The van der Waals surface area contributed by atoms with Crippen LogP contribution in [0.5, 0.6) is 0 Å². The Morgan fingerprint density at radius 2 is 2.05 bits per heavy atom. The standard InChI is InChI=1S/C15H11FN4/c16-12-4-2-1-3-11(12)9-20-14-7-10(8-17)5-6-13(14)19-15(20)18/h1-7H,9H2,(H2,18,19). The monoisotopic (exact) mass is 266 g/mol. The number of halogens is 1. The minimum Gasteiger partial charge on any atom is -0.369 e. The molecule has 0 unspecified atom stereocenters. The second kappa shape index (κ2) is 4.67. The predicted octanol–water partition coefficient (Wildman–Crippen LogP) is 2.68. The zero-order chi connectivity index (χ0) is 14.1. The lowest BCUT2D eigenvalue weighted by atomic mass is 10.2. The maximum atomic E-state index is 13.7. The molecule has 0 amide bonds. The van der Waals surface area contributed by atoms with Gasteiger partial charge in [-0.05, 0) is 24.3 Å². The molecule has 1 aromatic heterocycles. The fraction of sp³-hybridized carbons (Fsp3) is 0.0667. The largest absolute Gasteiger partial charge is 0.369 e. The van der Waals surface area contributed by atoms with E-state index in [-0.39, 0.29) is 12.4 Å². The van der Waals surface area contributed by atoms with Gasteiger partial charge in [-0.15, -0.1) is 0 Å². The molecular weight excluding hydrogens is 255 g/mol. The molecule has 0 aliphatic rings. The van der Waals surface area contributed by atoms with Crippen molar-refractivity contribution in [3.8, 4) is 6.07 Å². The minimum atomic E-state index is -0.287. The van der Waals surface area contributed by atoms with Gasteiger partial charge in [0.2, 0.25) is 5.95 Å². The fourth-order valence-electron chi connectivity index (χ4n) is 2.17. The Morgan fingerprint density at radius 3 is 2.80 bits per heavy atom. The Bertz CT molecular complexity index is 829. The quantitative estimate of drug-likeness (QED) is 0.775. The number of hydrogen-bond donors (Lipinski definition) is 1. The number of aromatic nitrogens is 2. The first kappa shape index (κ1) is 12.2. The van der Waals surface area contributed by atoms with E-state index in [9.17, 15) is 4.39 Å². The number of hydrogen-bond acceptors (Lipinski definition) is 3. The van der Waals surface area contributed by atoms with Gasteiger partial charge in [-0.1, -0.05) is 18.2 Å². The first-order valence-corrected chi connectivity index (χ1v) is 6.08. The Kier molecular flexibility index (Phi) is 2.84. The molecule has 20 heavy (non-hydrogen) atoms. The number of nitrogens with zero attached hydrogens (tertiary/aromatic N) is 3. The van der Waals surface area contributed by atoms with Crippen LogP contribution in [0.25, 0.3) is 11.0 Å². The minimum absolute atomic E-state index is 0.282. The van der Waals surface area contributed by atoms with Crippen LogP contribution in [0.1, 0.15) is 11.1 Å². The van der Waals surface area contributed by atoms with Crippen LogP contribution in [0.2, 0.25) is 0 Å². The van der Waals surface area contributed by atoms with Crippen LogP contribution in [-0.4, -0.2) is 9.55 Å². The molecule has 0 saturated heterocycles. The summed E-state index contributed by atoms with van der Waals surface area (Å²) in [6.07, 6.45) is 0. The van der Waals surface area contributed by atoms with Crippen LogP contribution in [0, 0.1) is 17.1 Å². The van der Waals surface area contributed by atoms with Crippen molar-refractivity contribution in [2.24, 2.45) is 0 Å². The molecule has 0 aliphatic heterocycles. The van der Waals surface area contributed by atoms with Crippen LogP contribution in [-0.2, 0) is 6.54 Å². The molecule has 3 rings (SSSR count). The van der Waals surface area contributed by atoms with E-state index < -0.39 is 0 Å². The van der Waals surface area contributed by atoms with E-state index in [0.29, 0.717) is 22.6 Å². The van der Waals surface area contributed by atoms with Gasteiger partial charge in [0, 0.05) is 5.56 Å². The predicted molar refractivity (Wildman–Crippen MR) is 74.4 cm³/mol. The molecular formula is C15H11FN4. The van der Waals surface area contributed by atoms with Gasteiger partial charge in [0.25, 0.3) is 0 Å². The number of nitriles is 1. The summed E-state index contributed by atoms with van der Waals surface area (Å²) in [5.41, 5.74) is 8.36. The van der Waals surface area contributed by atoms with Gasteiger partial charge in [0.1, 0.15) is 5.82 Å². The highest BCUT2D eigenvalue weighted by Gasteiger charge is 2.11. The summed E-state index contributed by atoms with van der Waals surface area (Å²) in [6, 6.07) is 13.7. The number of nitrogens with two attached hydrogens (primary N) is 1. The summed E-state index contributed by atoms with van der Waals surface area (Å²) >= 11 is 0. The highest BCUT2D eigenvalue weighted by Crippen LogP contribution is 2.21. The first-order chi connectivity index (χ1) is 9.69. The number of nitrogen functional groups attached to an aromatic ring is 1. The highest BCUT2D eigenvalue weighted by molar-refractivity contribution is 5.80. The number of anilines is 1. The van der Waals surface area contributed by atoms with Gasteiger partial charge in [0.15, 0.2) is 0 Å². The summed E-state index contributed by atoms with van der Waals surface area (Å²) in [5, 5.41) is 8.96. The third-order valence-corrected chi connectivity index (χ3v) is 3.19. The molecule has 4 nitrogen and oxygen atoms in total. The van der Waals surface area contributed by atoms with E-state index in [4.69, 9.17) is 11.0 Å². The van der Waals surface area contributed by atoms with Crippen LogP contribution in [0.15, 0.2) is 42.5 Å². The van der Waals surface area contributed by atoms with Crippen molar-refractivity contribution in [2.45, 2.75) is 6.54 Å². The lowest BCUT2D eigenvalue weighted by Crippen LogP contribution is -2.06. The van der Waals surface area contributed by atoms with Crippen molar-refractivity contribution >= 4 is 17.0 Å². The Labute approximate surface area is 114 Å².